The summed E-state index contributed by atoms with van der Waals surface area (Å²) >= 11 is 0. The Morgan fingerprint density at radius 2 is 2.13 bits per heavy atom. The molecule has 3 aromatic rings. The second kappa shape index (κ2) is 11.2. The summed E-state index contributed by atoms with van der Waals surface area (Å²) in [7, 11) is 1.67. The molecule has 1 unspecified atom stereocenters. The van der Waals surface area contributed by atoms with E-state index in [1.807, 2.05) is 48.0 Å². The SMILES string of the molecule is COc1ccc(CN=C(NCCc2ccco2)NC2CCc3nc(C)nn3C2)cc1.I. The maximum atomic E-state index is 5.43. The molecule has 166 valence electrons. The molecule has 1 aliphatic heterocycles. The number of nitrogens with one attached hydrogen (secondary N) is 2. The van der Waals surface area contributed by atoms with Crippen LogP contribution in [0.25, 0.3) is 0 Å². The first-order valence-corrected chi connectivity index (χ1v) is 10.3. The van der Waals surface area contributed by atoms with E-state index in [1.54, 1.807) is 13.4 Å². The van der Waals surface area contributed by atoms with Gasteiger partial charge >= 0.3 is 0 Å². The maximum absolute atomic E-state index is 5.43. The molecule has 1 aromatic carbocycles. The highest BCUT2D eigenvalue weighted by Gasteiger charge is 2.21. The second-order valence-corrected chi connectivity index (χ2v) is 7.41. The fourth-order valence-electron chi connectivity index (χ4n) is 3.56. The van der Waals surface area contributed by atoms with E-state index in [9.17, 15) is 0 Å². The van der Waals surface area contributed by atoms with Crippen molar-refractivity contribution < 1.29 is 9.15 Å². The van der Waals surface area contributed by atoms with E-state index in [2.05, 4.69) is 20.7 Å². The van der Waals surface area contributed by atoms with Crippen molar-refractivity contribution in [2.24, 2.45) is 4.99 Å². The van der Waals surface area contributed by atoms with Gasteiger partial charge in [-0.3, -0.25) is 0 Å². The largest absolute Gasteiger partial charge is 0.497 e. The zero-order chi connectivity index (χ0) is 20.8. The lowest BCUT2D eigenvalue weighted by Crippen LogP contribution is -2.47. The molecule has 0 amide bonds. The smallest absolute Gasteiger partial charge is 0.191 e. The molecule has 31 heavy (non-hydrogen) atoms. The number of fused-ring (bicyclic) bond motifs is 1. The molecule has 2 N–H and O–H groups in total. The minimum atomic E-state index is 0. The summed E-state index contributed by atoms with van der Waals surface area (Å²) in [5.74, 6) is 4.49. The number of methoxy groups -OCH3 is 1. The van der Waals surface area contributed by atoms with Crippen LogP contribution in [0.4, 0.5) is 0 Å². The van der Waals surface area contributed by atoms with Gasteiger partial charge in [0, 0.05) is 25.4 Å². The van der Waals surface area contributed by atoms with Crippen molar-refractivity contribution in [1.29, 1.82) is 0 Å². The molecule has 0 saturated heterocycles. The highest BCUT2D eigenvalue weighted by molar-refractivity contribution is 14.0. The molecule has 0 fully saturated rings. The molecule has 2 aromatic heterocycles. The third kappa shape index (κ3) is 6.46. The molecule has 0 spiro atoms. The van der Waals surface area contributed by atoms with Crippen LogP contribution in [0.1, 0.15) is 29.4 Å². The van der Waals surface area contributed by atoms with Crippen LogP contribution in [0, 0.1) is 6.92 Å². The van der Waals surface area contributed by atoms with Crippen LogP contribution < -0.4 is 15.4 Å². The number of aromatic nitrogens is 3. The molecule has 9 heteroatoms. The van der Waals surface area contributed by atoms with Gasteiger partial charge < -0.3 is 19.8 Å². The van der Waals surface area contributed by atoms with E-state index in [4.69, 9.17) is 14.1 Å². The van der Waals surface area contributed by atoms with Crippen molar-refractivity contribution in [1.82, 2.24) is 25.4 Å². The topological polar surface area (TPSA) is 89.5 Å². The molecule has 4 rings (SSSR count). The van der Waals surface area contributed by atoms with Gasteiger partial charge in [0.2, 0.25) is 0 Å². The molecule has 8 nitrogen and oxygen atoms in total. The summed E-state index contributed by atoms with van der Waals surface area (Å²) in [5.41, 5.74) is 1.13. The highest BCUT2D eigenvalue weighted by Crippen LogP contribution is 2.14. The van der Waals surface area contributed by atoms with Gasteiger partial charge in [0.1, 0.15) is 23.2 Å². The zero-order valence-corrected chi connectivity index (χ0v) is 20.2. The lowest BCUT2D eigenvalue weighted by molar-refractivity contribution is 0.392. The Hall–Kier alpha value is -2.56. The van der Waals surface area contributed by atoms with Crippen LogP contribution in [0.3, 0.4) is 0 Å². The fourth-order valence-corrected chi connectivity index (χ4v) is 3.56. The molecule has 3 heterocycles. The number of aryl methyl sites for hydroxylation is 2. The normalized spacial score (nSPS) is 15.7. The second-order valence-electron chi connectivity index (χ2n) is 7.41. The van der Waals surface area contributed by atoms with Crippen LogP contribution in [0.15, 0.2) is 52.1 Å². The molecule has 0 bridgehead atoms. The highest BCUT2D eigenvalue weighted by atomic mass is 127. The van der Waals surface area contributed by atoms with Gasteiger partial charge in [-0.15, -0.1) is 24.0 Å². The number of benzene rings is 1. The van der Waals surface area contributed by atoms with Crippen molar-refractivity contribution in [2.45, 2.75) is 45.3 Å². The fraction of sp³-hybridized carbons (Fsp3) is 0.409. The number of hydrogen-bond acceptors (Lipinski definition) is 5. The number of nitrogens with zero attached hydrogens (tertiary/aromatic N) is 4. The van der Waals surface area contributed by atoms with Gasteiger partial charge in [-0.05, 0) is 43.2 Å². The Kier molecular flexibility index (Phi) is 8.33. The lowest BCUT2D eigenvalue weighted by atomic mass is 10.1. The maximum Gasteiger partial charge on any atom is 0.191 e. The van der Waals surface area contributed by atoms with Crippen LogP contribution in [-0.2, 0) is 25.9 Å². The van der Waals surface area contributed by atoms with Crippen LogP contribution >= 0.6 is 24.0 Å². The lowest BCUT2D eigenvalue weighted by Gasteiger charge is -2.25. The number of halogens is 1. The summed E-state index contributed by atoms with van der Waals surface area (Å²) in [6, 6.07) is 12.1. The number of guanidine groups is 1. The van der Waals surface area contributed by atoms with Gasteiger partial charge in [0.25, 0.3) is 0 Å². The van der Waals surface area contributed by atoms with Gasteiger partial charge in [0.15, 0.2) is 5.96 Å². The number of furan rings is 1. The van der Waals surface area contributed by atoms with Gasteiger partial charge in [-0.2, -0.15) is 5.10 Å². The van der Waals surface area contributed by atoms with Crippen molar-refractivity contribution in [3.05, 3.63) is 65.6 Å². The van der Waals surface area contributed by atoms with E-state index in [0.29, 0.717) is 6.54 Å². The molecular weight excluding hydrogens is 507 g/mol. The summed E-state index contributed by atoms with van der Waals surface area (Å²) < 4.78 is 12.7. The first kappa shape index (κ1) is 23.1. The predicted molar refractivity (Wildman–Crippen MR) is 130 cm³/mol. The van der Waals surface area contributed by atoms with Crippen LogP contribution in [0.5, 0.6) is 5.75 Å². The number of hydrogen-bond donors (Lipinski definition) is 2. The first-order valence-electron chi connectivity index (χ1n) is 10.3. The van der Waals surface area contributed by atoms with E-state index < -0.39 is 0 Å². The summed E-state index contributed by atoms with van der Waals surface area (Å²) in [5, 5.41) is 11.5. The average Bonchev–Trinajstić information content (AvgIpc) is 3.40. The Morgan fingerprint density at radius 3 is 2.87 bits per heavy atom. The Bertz CT molecular complexity index is 969. The Morgan fingerprint density at radius 1 is 1.29 bits per heavy atom. The first-order chi connectivity index (χ1) is 14.7. The van der Waals surface area contributed by atoms with Crippen molar-refractivity contribution in [2.75, 3.05) is 13.7 Å². The molecule has 0 saturated carbocycles. The predicted octanol–water partition coefficient (Wildman–Crippen LogP) is 3.10. The molecule has 0 aliphatic carbocycles. The molecule has 0 radical (unpaired) electrons. The van der Waals surface area contributed by atoms with E-state index in [-0.39, 0.29) is 30.0 Å². The van der Waals surface area contributed by atoms with Gasteiger partial charge in [-0.25, -0.2) is 14.7 Å². The summed E-state index contributed by atoms with van der Waals surface area (Å²) in [6.07, 6.45) is 4.41. The average molecular weight is 536 g/mol. The van der Waals surface area contributed by atoms with Gasteiger partial charge in [-0.1, -0.05) is 12.1 Å². The quantitative estimate of drug-likeness (QED) is 0.274. The Balaban J connectivity index is 0.00000272. The van der Waals surface area contributed by atoms with E-state index in [0.717, 1.165) is 67.0 Å². The summed E-state index contributed by atoms with van der Waals surface area (Å²) in [4.78, 5) is 9.29. The van der Waals surface area contributed by atoms with Gasteiger partial charge in [0.05, 0.1) is 26.5 Å². The van der Waals surface area contributed by atoms with Crippen molar-refractivity contribution >= 4 is 29.9 Å². The molecular formula is C22H29IN6O2. The minimum absolute atomic E-state index is 0. The van der Waals surface area contributed by atoms with Crippen LogP contribution in [0.2, 0.25) is 0 Å². The summed E-state index contributed by atoms with van der Waals surface area (Å²) in [6.45, 7) is 4.05. The van der Waals surface area contributed by atoms with Crippen LogP contribution in [-0.4, -0.2) is 40.4 Å². The zero-order valence-electron chi connectivity index (χ0n) is 17.9. The third-order valence-corrected chi connectivity index (χ3v) is 5.13. The standard InChI is InChI=1S/C22H28N6O2.HI/c1-16-25-21-10-7-18(15-28(21)27-16)26-22(23-12-11-20-4-3-13-30-20)24-14-17-5-8-19(29-2)9-6-17;/h3-6,8-9,13,18H,7,10-12,14-15H2,1-2H3,(H2,23,24,26);1H. The van der Waals surface area contributed by atoms with Crippen molar-refractivity contribution in [3.8, 4) is 5.75 Å². The monoisotopic (exact) mass is 536 g/mol. The van der Waals surface area contributed by atoms with E-state index in [1.165, 1.54) is 0 Å². The van der Waals surface area contributed by atoms with E-state index >= 15 is 0 Å². The number of aliphatic imine (C=N–C) groups is 1. The molecule has 1 aliphatic rings. The number of rotatable bonds is 7. The Labute approximate surface area is 199 Å². The third-order valence-electron chi connectivity index (χ3n) is 5.13. The number of ether oxygens (including phenoxy) is 1. The minimum Gasteiger partial charge on any atom is -0.497 e. The van der Waals surface area contributed by atoms with Crippen molar-refractivity contribution in [3.63, 3.8) is 0 Å². The molecule has 1 atom stereocenters.